The van der Waals surface area contributed by atoms with Crippen molar-refractivity contribution in [3.05, 3.63) is 70.1 Å². The second-order valence-corrected chi connectivity index (χ2v) is 9.36. The Balaban J connectivity index is 1.97. The van der Waals surface area contributed by atoms with Crippen LogP contribution in [0.15, 0.2) is 53.9 Å². The molecule has 0 N–H and O–H groups in total. The third-order valence-electron chi connectivity index (χ3n) is 4.37. The number of hydrogen-bond acceptors (Lipinski definition) is 4. The number of aryl methyl sites for hydroxylation is 1. The minimum absolute atomic E-state index is 0.0292. The van der Waals surface area contributed by atoms with E-state index in [2.05, 4.69) is 0 Å². The predicted molar refractivity (Wildman–Crippen MR) is 112 cm³/mol. The first-order valence-corrected chi connectivity index (χ1v) is 11.0. The molecule has 0 bridgehead atoms. The molecule has 148 valence electrons. The van der Waals surface area contributed by atoms with Crippen LogP contribution in [0.1, 0.15) is 29.8 Å². The van der Waals surface area contributed by atoms with Crippen LogP contribution in [0.3, 0.4) is 0 Å². The molecule has 0 radical (unpaired) electrons. The molecule has 0 aliphatic carbocycles. The van der Waals surface area contributed by atoms with E-state index in [-0.39, 0.29) is 17.8 Å². The fraction of sp³-hybridized carbons (Fsp3) is 0.286. The summed E-state index contributed by atoms with van der Waals surface area (Å²) in [5.41, 5.74) is 1.86. The number of carbonyl (C=O) groups is 1. The molecule has 0 unspecified atom stereocenters. The Morgan fingerprint density at radius 1 is 1.18 bits per heavy atom. The second kappa shape index (κ2) is 7.97. The molecule has 7 heteroatoms. The first-order chi connectivity index (χ1) is 13.2. The molecule has 0 saturated heterocycles. The second-order valence-electron chi connectivity index (χ2n) is 7.03. The Labute approximate surface area is 170 Å². The zero-order valence-electron chi connectivity index (χ0n) is 15.9. The van der Waals surface area contributed by atoms with Crippen LogP contribution in [-0.4, -0.2) is 32.2 Å². The average Bonchev–Trinajstić information content (AvgIpc) is 2.97. The zero-order chi connectivity index (χ0) is 20.5. The number of nitrogens with zero attached hydrogens (tertiary/aromatic N) is 1. The summed E-state index contributed by atoms with van der Waals surface area (Å²) in [4.78, 5) is 14.8. The number of rotatable bonds is 5. The van der Waals surface area contributed by atoms with Gasteiger partial charge in [0.2, 0.25) is 0 Å². The summed E-state index contributed by atoms with van der Waals surface area (Å²) in [5, 5.41) is 1.67. The molecule has 3 rings (SSSR count). The van der Waals surface area contributed by atoms with Gasteiger partial charge in [0, 0.05) is 21.7 Å². The van der Waals surface area contributed by atoms with Gasteiger partial charge in [-0.25, -0.2) is 8.42 Å². The normalized spacial score (nSPS) is 17.7. The number of benzene rings is 2. The highest BCUT2D eigenvalue weighted by Gasteiger charge is 2.32. The number of carbonyl (C=O) groups excluding carboxylic acids is 1. The molecule has 0 saturated carbocycles. The van der Waals surface area contributed by atoms with Gasteiger partial charge in [-0.3, -0.25) is 4.79 Å². The largest absolute Gasteiger partial charge is 0.491 e. The van der Waals surface area contributed by atoms with Crippen molar-refractivity contribution in [2.75, 3.05) is 10.7 Å². The van der Waals surface area contributed by atoms with Crippen molar-refractivity contribution in [1.82, 2.24) is 0 Å². The van der Waals surface area contributed by atoms with E-state index in [0.717, 1.165) is 11.0 Å². The summed E-state index contributed by atoms with van der Waals surface area (Å²) < 4.78 is 29.5. The highest BCUT2D eigenvalue weighted by Crippen LogP contribution is 2.29. The standard InChI is InChI=1S/C21H22ClNO4S/c1-14(2)27-19-8-5-16(6-9-19)21(24)23(18-10-11-28(25,26)13-18)17-7-4-15(3)20(22)12-17/h4-12,14,18H,13H2,1-3H3/t18-/m0/s1. The molecule has 0 spiro atoms. The molecule has 1 aliphatic heterocycles. The Hall–Kier alpha value is -2.31. The summed E-state index contributed by atoms with van der Waals surface area (Å²) in [7, 11) is -3.33. The van der Waals surface area contributed by atoms with Gasteiger partial charge in [0.15, 0.2) is 9.84 Å². The van der Waals surface area contributed by atoms with Gasteiger partial charge in [-0.15, -0.1) is 0 Å². The quantitative estimate of drug-likeness (QED) is 0.720. The van der Waals surface area contributed by atoms with E-state index in [9.17, 15) is 13.2 Å². The van der Waals surface area contributed by atoms with Gasteiger partial charge >= 0.3 is 0 Å². The van der Waals surface area contributed by atoms with Crippen molar-refractivity contribution in [2.24, 2.45) is 0 Å². The van der Waals surface area contributed by atoms with Crippen LogP contribution in [0.25, 0.3) is 0 Å². The molecule has 0 fully saturated rings. The van der Waals surface area contributed by atoms with Crippen molar-refractivity contribution in [3.8, 4) is 5.75 Å². The molecule has 28 heavy (non-hydrogen) atoms. The van der Waals surface area contributed by atoms with Gasteiger partial charge in [0.1, 0.15) is 5.75 Å². The van der Waals surface area contributed by atoms with Gasteiger partial charge in [0.25, 0.3) is 5.91 Å². The smallest absolute Gasteiger partial charge is 0.258 e. The molecule has 2 aromatic carbocycles. The van der Waals surface area contributed by atoms with Crippen LogP contribution in [0.4, 0.5) is 5.69 Å². The Bertz CT molecular complexity index is 1010. The van der Waals surface area contributed by atoms with E-state index in [1.54, 1.807) is 36.4 Å². The maximum Gasteiger partial charge on any atom is 0.258 e. The summed E-state index contributed by atoms with van der Waals surface area (Å²) in [6.45, 7) is 5.72. The molecule has 1 amide bonds. The monoisotopic (exact) mass is 419 g/mol. The van der Waals surface area contributed by atoms with Crippen molar-refractivity contribution in [1.29, 1.82) is 0 Å². The zero-order valence-corrected chi connectivity index (χ0v) is 17.5. The van der Waals surface area contributed by atoms with E-state index in [1.807, 2.05) is 26.8 Å². The number of sulfone groups is 1. The molecular weight excluding hydrogens is 398 g/mol. The lowest BCUT2D eigenvalue weighted by Crippen LogP contribution is -2.41. The fourth-order valence-corrected chi connectivity index (χ4v) is 4.44. The summed E-state index contributed by atoms with van der Waals surface area (Å²) >= 11 is 6.25. The third-order valence-corrected chi connectivity index (χ3v) is 6.15. The molecule has 1 heterocycles. The minimum atomic E-state index is -3.33. The molecule has 1 atom stereocenters. The number of hydrogen-bond donors (Lipinski definition) is 0. The summed E-state index contributed by atoms with van der Waals surface area (Å²) in [5.74, 6) is 0.210. The van der Waals surface area contributed by atoms with Gasteiger partial charge in [-0.05, 0) is 68.8 Å². The van der Waals surface area contributed by atoms with Crippen molar-refractivity contribution in [3.63, 3.8) is 0 Å². The van der Waals surface area contributed by atoms with Gasteiger partial charge < -0.3 is 9.64 Å². The number of halogens is 1. The van der Waals surface area contributed by atoms with Crippen LogP contribution >= 0.6 is 11.6 Å². The van der Waals surface area contributed by atoms with Crippen molar-refractivity contribution < 1.29 is 17.9 Å². The molecule has 0 aromatic heterocycles. The Morgan fingerprint density at radius 2 is 1.86 bits per heavy atom. The lowest BCUT2D eigenvalue weighted by Gasteiger charge is -2.28. The van der Waals surface area contributed by atoms with Crippen molar-refractivity contribution >= 4 is 33.0 Å². The Morgan fingerprint density at radius 3 is 2.39 bits per heavy atom. The van der Waals surface area contributed by atoms with E-state index in [1.165, 1.54) is 11.0 Å². The first kappa shape index (κ1) is 20.4. The van der Waals surface area contributed by atoms with Crippen LogP contribution in [-0.2, 0) is 9.84 Å². The summed E-state index contributed by atoms with van der Waals surface area (Å²) in [6, 6.07) is 11.5. The molecule has 1 aliphatic rings. The minimum Gasteiger partial charge on any atom is -0.491 e. The van der Waals surface area contributed by atoms with Crippen LogP contribution in [0, 0.1) is 6.92 Å². The van der Waals surface area contributed by atoms with Gasteiger partial charge in [-0.2, -0.15) is 0 Å². The highest BCUT2D eigenvalue weighted by atomic mass is 35.5. The maximum atomic E-state index is 13.3. The van der Waals surface area contributed by atoms with Crippen LogP contribution in [0.5, 0.6) is 5.75 Å². The topological polar surface area (TPSA) is 63.7 Å². The van der Waals surface area contributed by atoms with E-state index in [4.69, 9.17) is 16.3 Å². The van der Waals surface area contributed by atoms with E-state index >= 15 is 0 Å². The Kier molecular flexibility index (Phi) is 5.82. The molecular formula is C21H22ClNO4S. The average molecular weight is 420 g/mol. The van der Waals surface area contributed by atoms with Gasteiger partial charge in [-0.1, -0.05) is 17.7 Å². The van der Waals surface area contributed by atoms with Gasteiger partial charge in [0.05, 0.1) is 17.9 Å². The van der Waals surface area contributed by atoms with Crippen molar-refractivity contribution in [2.45, 2.75) is 32.9 Å². The number of amides is 1. The fourth-order valence-electron chi connectivity index (χ4n) is 3.00. The third kappa shape index (κ3) is 4.56. The summed E-state index contributed by atoms with van der Waals surface area (Å²) in [6.07, 6.45) is 1.57. The lowest BCUT2D eigenvalue weighted by atomic mass is 10.1. The number of ether oxygens (including phenoxy) is 1. The van der Waals surface area contributed by atoms with E-state index in [0.29, 0.717) is 22.0 Å². The maximum absolute atomic E-state index is 13.3. The van der Waals surface area contributed by atoms with Crippen LogP contribution in [0.2, 0.25) is 5.02 Å². The molecule has 5 nitrogen and oxygen atoms in total. The SMILES string of the molecule is Cc1ccc(N(C(=O)c2ccc(OC(C)C)cc2)[C@H]2C=CS(=O)(=O)C2)cc1Cl. The predicted octanol–water partition coefficient (Wildman–Crippen LogP) is 4.39. The van der Waals surface area contributed by atoms with Crippen LogP contribution < -0.4 is 9.64 Å². The number of anilines is 1. The molecule has 2 aromatic rings. The highest BCUT2D eigenvalue weighted by molar-refractivity contribution is 7.94. The first-order valence-electron chi connectivity index (χ1n) is 8.94. The lowest BCUT2D eigenvalue weighted by molar-refractivity contribution is 0.0983. The van der Waals surface area contributed by atoms with E-state index < -0.39 is 15.9 Å².